The van der Waals surface area contributed by atoms with E-state index in [1.165, 1.54) is 50.6 Å². The number of aliphatic carboxylic acids is 1. The van der Waals surface area contributed by atoms with Gasteiger partial charge >= 0.3 is 17.9 Å². The van der Waals surface area contributed by atoms with E-state index in [4.69, 9.17) is 59.8 Å². The number of aliphatic imine (C=N–C) groups is 1. The van der Waals surface area contributed by atoms with Gasteiger partial charge in [0.15, 0.2) is 24.8 Å². The van der Waals surface area contributed by atoms with Crippen molar-refractivity contribution in [1.82, 2.24) is 15.1 Å². The summed E-state index contributed by atoms with van der Waals surface area (Å²) in [4.78, 5) is 85.5. The van der Waals surface area contributed by atoms with Crippen LogP contribution in [0.2, 0.25) is 0 Å². The second-order valence-corrected chi connectivity index (χ2v) is 46.9. The number of β-lactam (4-membered cyclic amide) rings is 1. The average Bonchev–Trinajstić information content (AvgIpc) is 1.55. The highest BCUT2D eigenvalue weighted by Crippen LogP contribution is 2.52. The van der Waals surface area contributed by atoms with E-state index >= 15 is 0 Å². The Kier molecular flexibility index (Phi) is 54.4. The number of thioether (sulfide) groups is 1. The minimum atomic E-state index is -1.99. The monoisotopic (exact) mass is 2160 g/mol. The van der Waals surface area contributed by atoms with Gasteiger partial charge in [-0.25, -0.2) is 4.79 Å². The predicted octanol–water partition coefficient (Wildman–Crippen LogP) is 4.35. The van der Waals surface area contributed by atoms with Crippen LogP contribution in [-0.4, -0.2) is 387 Å². The van der Waals surface area contributed by atoms with E-state index in [2.05, 4.69) is 10.3 Å². The SMILES string of the molecule is CC1(C)S[C@@H]2[C@H](NC(=O)[C@H](N)c3ccccc3)C(=O)N2[C@H]1C(=O)O.CCCCC1C(=O)OC(C(C)C(O)CCCN=C(N)N)C(C)/C=C(\C)CCCCC(O)CC(O)CC(O)CC(O)CC(O)C(O[C@H]2O[C@H](CO)[C@@H](O)[C@@H]2O)/C=C(\C)C(O)CCCC(O)CCCC(O)CCC(C)C1O.CC[C@H]1OC(=O)[C@H](C)[C@@H](O[C@H]2C[C@@](C)(OC)[C@@H](O)[C@H](C)O2)[C@H](C)[C@@H](O[C@@H]2O[C@H](C)C[C@H](N(C)C)[C@H]2O)[C@](C)(O)C[C@@H](C)C(=O)[C@H](C)[C@@H](O)[C@]1(C)O. The number of esters is 2. The van der Waals surface area contributed by atoms with Crippen molar-refractivity contribution >= 4 is 53.2 Å². The molecule has 8 rings (SSSR count). The summed E-state index contributed by atoms with van der Waals surface area (Å²) in [6.07, 6.45) is -17.1. The Morgan fingerprint density at radius 3 is 1.84 bits per heavy atom. The third kappa shape index (κ3) is 38.0. The minimum Gasteiger partial charge on any atom is -0.480 e. The number of fused-ring (bicyclic) bond motifs is 1. The summed E-state index contributed by atoms with van der Waals surface area (Å²) in [5.74, 6) is -9.48. The first-order valence-corrected chi connectivity index (χ1v) is 55.0. The number of nitrogens with zero attached hydrogens (tertiary/aromatic N) is 3. The molecule has 0 saturated carbocycles. The first-order chi connectivity index (χ1) is 70.0. The molecule has 0 spiro atoms. The summed E-state index contributed by atoms with van der Waals surface area (Å²) >= 11 is 1.38. The Balaban J connectivity index is 0.000000389. The number of carboxylic acids is 1. The van der Waals surface area contributed by atoms with E-state index in [0.29, 0.717) is 120 Å². The van der Waals surface area contributed by atoms with Crippen molar-refractivity contribution in [3.05, 3.63) is 59.2 Å². The summed E-state index contributed by atoms with van der Waals surface area (Å²) in [6, 6.07) is 6.05. The number of ketones is 1. The highest BCUT2D eigenvalue weighted by molar-refractivity contribution is 8.01. The van der Waals surface area contributed by atoms with Crippen LogP contribution >= 0.6 is 11.8 Å². The number of carbonyl (C=O) groups is 6. The molecule has 6 saturated heterocycles. The number of cyclic esters (lactones) is 2. The molecule has 7 heterocycles. The molecule has 0 aromatic heterocycles. The standard InChI is InChI=1S/C55H103N3O17.C37H67NO13.C16H19N3O4S/c1-7-8-19-43-49(69)33(3)22-23-38(61)17-11-16-37(60)18-12-20-44(66)34(4)26-47(73-54-51(71)50(70)48(31-59)74-54)46(68)30-42(65)29-41(64)28-40(63)27-39(62)15-10-9-14-32(2)25-35(5)52(75-53(43)72)36(6)45(67)21-13-24-58-55(56)57;1-14-25-37(10,45)30(41)20(4)27(39)18(2)16-35(8,44)32(51-34-28(40)24(38(11)12)15-19(3)47-34)21(5)29(22(6)33(43)49-25)50-26-17-36(9,46-13)31(42)23(7)48-26;1-16(2)11(15(22)23)19-13(21)10(14(19)24-16)18-12(20)9(17)8-6-4-3-5-7-8/h25-26,33,35-52,54,59-71H,7-24,27-31H2,1-6H3,(H4,56,57,58);18-26,28-32,34,40-42,44-45H,14-17H2,1-13H3;3-7,9-11,14H,17H2,1-2H3,(H,18,20)(H,22,23)/b32-25+,34-26+;;/t33?,35?,36?,37?,38?,39?,40?,41?,42?,43?,44?,45?,46?,47?,48-,49?,50-,51+,52?,54+;18-,19-,20+,21+,22-,23+,24+,25-,26+,28-,29+,30-,31+,32-,34+,35-,36-,37-;9-,10-,11+,14-/m111/s1. The maximum atomic E-state index is 14.2. The third-order valence-electron chi connectivity index (χ3n) is 31.5. The zero-order valence-corrected chi connectivity index (χ0v) is 93.1. The molecule has 1 aromatic carbocycles. The first kappa shape index (κ1) is 133. The van der Waals surface area contributed by atoms with Crippen molar-refractivity contribution in [3.63, 3.8) is 0 Å². The van der Waals surface area contributed by atoms with Gasteiger partial charge in [-0.05, 0) is 229 Å². The molecule has 42 atom stereocenters. The number of hydrogen-bond donors (Lipinski definition) is 23. The number of guanidine groups is 1. The van der Waals surface area contributed by atoms with Gasteiger partial charge in [0, 0.05) is 66.9 Å². The Hall–Kier alpha value is -5.74. The molecule has 7 aliphatic heterocycles. The maximum Gasteiger partial charge on any atom is 0.327 e. The van der Waals surface area contributed by atoms with Crippen LogP contribution < -0.4 is 22.5 Å². The molecule has 41 nitrogen and oxygen atoms in total. The number of benzene rings is 1. The summed E-state index contributed by atoms with van der Waals surface area (Å²) < 4.78 is 54.1. The highest BCUT2D eigenvalue weighted by atomic mass is 32.2. The molecule has 0 radical (unpaired) electrons. The van der Waals surface area contributed by atoms with Gasteiger partial charge in [-0.1, -0.05) is 123 Å². The van der Waals surface area contributed by atoms with E-state index in [1.54, 1.807) is 86.6 Å². The number of ether oxygens (including phenoxy) is 9. The van der Waals surface area contributed by atoms with Crippen molar-refractivity contribution in [2.75, 3.05) is 34.4 Å². The molecular formula is C108H189N7O34S. The largest absolute Gasteiger partial charge is 0.480 e. The molecular weight excluding hydrogens is 1970 g/mol. The second kappa shape index (κ2) is 61.4. The Morgan fingerprint density at radius 1 is 0.667 bits per heavy atom. The number of methoxy groups -OCH3 is 1. The first-order valence-electron chi connectivity index (χ1n) is 54.2. The average molecular weight is 2160 g/mol. The summed E-state index contributed by atoms with van der Waals surface area (Å²) in [7, 11) is 5.18. The summed E-state index contributed by atoms with van der Waals surface area (Å²) in [6.45, 7) is 30.8. The molecule has 42 heteroatoms. The molecule has 7 aliphatic rings. The van der Waals surface area contributed by atoms with Crippen LogP contribution in [0, 0.1) is 47.3 Å². The van der Waals surface area contributed by atoms with E-state index in [1.807, 2.05) is 72.7 Å². The van der Waals surface area contributed by atoms with Crippen LogP contribution in [0.15, 0.2) is 58.6 Å². The molecule has 16 unspecified atom stereocenters. The topological polar surface area (TPSA) is 679 Å². The van der Waals surface area contributed by atoms with Gasteiger partial charge in [0.05, 0.1) is 121 Å². The fourth-order valence-corrected chi connectivity index (χ4v) is 23.6. The molecule has 866 valence electrons. The van der Waals surface area contributed by atoms with Crippen molar-refractivity contribution in [1.29, 1.82) is 0 Å². The number of nitrogens with two attached hydrogens (primary N) is 3. The Labute approximate surface area is 890 Å². The zero-order valence-electron chi connectivity index (χ0n) is 92.3. The van der Waals surface area contributed by atoms with E-state index < -0.39 is 265 Å². The quantitative estimate of drug-likeness (QED) is 0.0181. The number of hydrogen-bond acceptors (Lipinski definition) is 37. The molecule has 0 aliphatic carbocycles. The van der Waals surface area contributed by atoms with Crippen LogP contribution in [-0.2, 0) is 71.4 Å². The van der Waals surface area contributed by atoms with Gasteiger partial charge in [-0.2, -0.15) is 0 Å². The van der Waals surface area contributed by atoms with E-state index in [9.17, 15) is 126 Å². The van der Waals surface area contributed by atoms with Crippen molar-refractivity contribution in [2.24, 2.45) is 69.5 Å². The van der Waals surface area contributed by atoms with Crippen molar-refractivity contribution in [2.45, 2.75) is 496 Å². The van der Waals surface area contributed by atoms with Gasteiger partial charge in [-0.3, -0.25) is 29.0 Å². The van der Waals surface area contributed by atoms with Gasteiger partial charge in [0.2, 0.25) is 11.8 Å². The van der Waals surface area contributed by atoms with Crippen LogP contribution in [0.3, 0.4) is 0 Å². The second-order valence-electron chi connectivity index (χ2n) is 45.2. The number of unbranched alkanes of at least 4 members (excludes halogenated alkanes) is 1. The Bertz CT molecular complexity index is 4320. The lowest BCUT2D eigenvalue weighted by Gasteiger charge is -2.49. The van der Waals surface area contributed by atoms with Crippen LogP contribution in [0.4, 0.5) is 0 Å². The molecule has 1 aromatic rings. The number of nitrogens with one attached hydrogen (secondary N) is 1. The van der Waals surface area contributed by atoms with Crippen LogP contribution in [0.25, 0.3) is 0 Å². The van der Waals surface area contributed by atoms with E-state index in [-0.39, 0.29) is 92.6 Å². The lowest BCUT2D eigenvalue weighted by molar-refractivity contribution is -0.318. The van der Waals surface area contributed by atoms with Crippen LogP contribution in [0.1, 0.15) is 297 Å². The fraction of sp³-hybridized carbons (Fsp3) is 0.843. The van der Waals surface area contributed by atoms with Gasteiger partial charge in [0.25, 0.3) is 0 Å². The van der Waals surface area contributed by atoms with Crippen molar-refractivity contribution < 1.29 is 168 Å². The van der Waals surface area contributed by atoms with Gasteiger partial charge in [0.1, 0.15) is 83.7 Å². The summed E-state index contributed by atoms with van der Waals surface area (Å²) in [5.41, 5.74) is 14.1. The number of carboxylic acid groups (broad SMARTS) is 1. The number of carbonyl (C=O) groups excluding carboxylic acids is 5. The normalized spacial score (nSPS) is 40.9. The van der Waals surface area contributed by atoms with Gasteiger partial charge < -0.3 is 172 Å². The zero-order chi connectivity index (χ0) is 113. The molecule has 0 bridgehead atoms. The third-order valence-corrected chi connectivity index (χ3v) is 33.0. The van der Waals surface area contributed by atoms with E-state index in [0.717, 1.165) is 12.0 Å². The summed E-state index contributed by atoms with van der Waals surface area (Å²) in [5, 5.41) is 210. The Morgan fingerprint density at radius 2 is 1.26 bits per heavy atom. The number of aliphatic hydroxyl groups is 18. The van der Waals surface area contributed by atoms with Crippen LogP contribution in [0.5, 0.6) is 0 Å². The smallest absolute Gasteiger partial charge is 0.327 e. The van der Waals surface area contributed by atoms with Crippen molar-refractivity contribution in [3.8, 4) is 0 Å². The number of likely N-dealkylation sites (N-methyl/N-ethyl adjacent to an activating group) is 1. The number of Topliss-reactive ketones (excluding diaryl/α,β-unsaturated/α-hetero) is 1. The predicted molar refractivity (Wildman–Crippen MR) is 560 cm³/mol. The molecule has 6 fully saturated rings. The maximum absolute atomic E-state index is 14.2. The highest BCUT2D eigenvalue weighted by Gasteiger charge is 2.65. The molecule has 2 amide bonds. The fourth-order valence-electron chi connectivity index (χ4n) is 22.0. The molecule has 150 heavy (non-hydrogen) atoms. The molecule has 26 N–H and O–H groups in total. The number of aliphatic hydroxyl groups excluding tert-OH is 16. The number of rotatable bonds is 23. The van der Waals surface area contributed by atoms with Gasteiger partial charge in [-0.15, -0.1) is 11.8 Å². The number of allylic oxidation sites excluding steroid dienone is 1. The number of amides is 2. The minimum absolute atomic E-state index is 0.0266. The lowest BCUT2D eigenvalue weighted by Crippen LogP contribution is -2.71. The lowest BCUT2D eigenvalue weighted by atomic mass is 9.74.